The number of rotatable bonds is 5. The van der Waals surface area contributed by atoms with Crippen LogP contribution in [0.2, 0.25) is 5.02 Å². The lowest BCUT2D eigenvalue weighted by molar-refractivity contribution is -0.118. The molecule has 1 fully saturated rings. The predicted molar refractivity (Wildman–Crippen MR) is 108 cm³/mol. The van der Waals surface area contributed by atoms with Crippen LogP contribution in [0.25, 0.3) is 0 Å². The van der Waals surface area contributed by atoms with Crippen molar-refractivity contribution in [1.29, 1.82) is 0 Å². The molecule has 1 N–H and O–H groups in total. The minimum Gasteiger partial charge on any atom is -0.325 e. The van der Waals surface area contributed by atoms with Crippen LogP contribution in [0.1, 0.15) is 29.5 Å². The highest BCUT2D eigenvalue weighted by atomic mass is 35.5. The molecule has 144 valence electrons. The molecule has 2 aromatic carbocycles. The van der Waals surface area contributed by atoms with Crippen molar-refractivity contribution in [1.82, 2.24) is 4.31 Å². The van der Waals surface area contributed by atoms with E-state index in [1.807, 2.05) is 32.0 Å². The van der Waals surface area contributed by atoms with Crippen LogP contribution in [0.15, 0.2) is 41.3 Å². The second kappa shape index (κ2) is 6.93. The highest BCUT2D eigenvalue weighted by Gasteiger charge is 2.51. The molecular formula is C20H23ClN2O3S. The Balaban J connectivity index is 1.96. The maximum atomic E-state index is 13.1. The summed E-state index contributed by atoms with van der Waals surface area (Å²) in [6.45, 7) is 3.71. The standard InChI is InChI=1S/C20H23ClN2O3S/c1-13-10-17(27(25,26)23(3)4)12-18(14(13)2)22-19(24)20(8-9-20)15-6-5-7-16(21)11-15/h5-7,10-12H,8-9H2,1-4H3,(H,22,24). The average molecular weight is 407 g/mol. The van der Waals surface area contributed by atoms with Crippen molar-refractivity contribution >= 4 is 33.2 Å². The number of hydrogen-bond donors (Lipinski definition) is 1. The topological polar surface area (TPSA) is 66.5 Å². The van der Waals surface area contributed by atoms with E-state index in [2.05, 4.69) is 5.32 Å². The van der Waals surface area contributed by atoms with Crippen LogP contribution < -0.4 is 5.32 Å². The van der Waals surface area contributed by atoms with E-state index >= 15 is 0 Å². The Labute approximate surface area is 165 Å². The monoisotopic (exact) mass is 406 g/mol. The van der Waals surface area contributed by atoms with Gasteiger partial charge in [-0.3, -0.25) is 4.79 Å². The van der Waals surface area contributed by atoms with Gasteiger partial charge < -0.3 is 5.32 Å². The van der Waals surface area contributed by atoms with E-state index in [-0.39, 0.29) is 10.8 Å². The Kier molecular flexibility index (Phi) is 5.10. The van der Waals surface area contributed by atoms with Crippen molar-refractivity contribution in [3.05, 3.63) is 58.1 Å². The summed E-state index contributed by atoms with van der Waals surface area (Å²) in [5, 5.41) is 3.55. The van der Waals surface area contributed by atoms with Crippen LogP contribution in [0.3, 0.4) is 0 Å². The Hall–Kier alpha value is -1.89. The second-order valence-electron chi connectivity index (χ2n) is 7.25. The molecule has 0 heterocycles. The lowest BCUT2D eigenvalue weighted by Gasteiger charge is -2.20. The van der Waals surface area contributed by atoms with Gasteiger partial charge in [-0.2, -0.15) is 0 Å². The zero-order chi connectivity index (χ0) is 20.0. The van der Waals surface area contributed by atoms with Crippen LogP contribution >= 0.6 is 11.6 Å². The van der Waals surface area contributed by atoms with Gasteiger partial charge >= 0.3 is 0 Å². The SMILES string of the molecule is Cc1cc(S(=O)(=O)N(C)C)cc(NC(=O)C2(c3cccc(Cl)c3)CC2)c1C. The third-order valence-corrected chi connectivity index (χ3v) is 7.26. The van der Waals surface area contributed by atoms with Gasteiger partial charge in [0.05, 0.1) is 10.3 Å². The first kappa shape index (κ1) is 19.9. The number of sulfonamides is 1. The molecule has 0 atom stereocenters. The third-order valence-electron chi connectivity index (χ3n) is 5.23. The molecule has 0 unspecified atom stereocenters. The molecule has 2 aromatic rings. The molecule has 3 rings (SSSR count). The average Bonchev–Trinajstić information content (AvgIpc) is 3.40. The summed E-state index contributed by atoms with van der Waals surface area (Å²) in [7, 11) is -0.613. The predicted octanol–water partition coefficient (Wildman–Crippen LogP) is 3.88. The number of carbonyl (C=O) groups excluding carboxylic acids is 1. The van der Waals surface area contributed by atoms with Crippen LogP contribution in [-0.4, -0.2) is 32.7 Å². The van der Waals surface area contributed by atoms with Gasteiger partial charge in [-0.1, -0.05) is 23.7 Å². The summed E-state index contributed by atoms with van der Waals surface area (Å²) in [6.07, 6.45) is 1.49. The summed E-state index contributed by atoms with van der Waals surface area (Å²) in [6, 6.07) is 10.5. The first-order valence-electron chi connectivity index (χ1n) is 8.69. The molecule has 0 saturated heterocycles. The fourth-order valence-electron chi connectivity index (χ4n) is 3.12. The van der Waals surface area contributed by atoms with E-state index < -0.39 is 15.4 Å². The number of nitrogens with zero attached hydrogens (tertiary/aromatic N) is 1. The zero-order valence-electron chi connectivity index (χ0n) is 15.8. The first-order chi connectivity index (χ1) is 12.6. The van der Waals surface area contributed by atoms with Gasteiger partial charge in [0.1, 0.15) is 0 Å². The molecule has 0 aliphatic heterocycles. The van der Waals surface area contributed by atoms with Crippen LogP contribution in [0, 0.1) is 13.8 Å². The molecule has 1 saturated carbocycles. The second-order valence-corrected chi connectivity index (χ2v) is 9.84. The molecule has 0 aromatic heterocycles. The number of halogens is 1. The van der Waals surface area contributed by atoms with Gasteiger partial charge in [-0.25, -0.2) is 12.7 Å². The molecule has 5 nitrogen and oxygen atoms in total. The first-order valence-corrected chi connectivity index (χ1v) is 10.5. The van der Waals surface area contributed by atoms with Gasteiger partial charge in [0.15, 0.2) is 0 Å². The quantitative estimate of drug-likeness (QED) is 0.819. The summed E-state index contributed by atoms with van der Waals surface area (Å²) >= 11 is 6.09. The Morgan fingerprint density at radius 2 is 1.81 bits per heavy atom. The lowest BCUT2D eigenvalue weighted by atomic mass is 9.94. The number of benzene rings is 2. The van der Waals surface area contributed by atoms with E-state index in [0.717, 1.165) is 33.8 Å². The van der Waals surface area contributed by atoms with Gasteiger partial charge in [0.25, 0.3) is 0 Å². The molecule has 0 spiro atoms. The van der Waals surface area contributed by atoms with E-state index in [0.29, 0.717) is 10.7 Å². The summed E-state index contributed by atoms with van der Waals surface area (Å²) in [4.78, 5) is 13.2. The summed E-state index contributed by atoms with van der Waals surface area (Å²) < 4.78 is 26.2. The van der Waals surface area contributed by atoms with Crippen LogP contribution in [0.4, 0.5) is 5.69 Å². The molecule has 0 radical (unpaired) electrons. The molecule has 27 heavy (non-hydrogen) atoms. The number of nitrogens with one attached hydrogen (secondary N) is 1. The van der Waals surface area contributed by atoms with Gasteiger partial charge in [0, 0.05) is 24.8 Å². The minimum absolute atomic E-state index is 0.133. The lowest BCUT2D eigenvalue weighted by Crippen LogP contribution is -2.28. The number of aryl methyl sites for hydroxylation is 1. The van der Waals surface area contributed by atoms with Crippen LogP contribution in [0.5, 0.6) is 0 Å². The van der Waals surface area contributed by atoms with Crippen molar-refractivity contribution in [2.45, 2.75) is 37.0 Å². The zero-order valence-corrected chi connectivity index (χ0v) is 17.4. The molecular weight excluding hydrogens is 384 g/mol. The molecule has 0 bridgehead atoms. The number of carbonyl (C=O) groups is 1. The molecule has 7 heteroatoms. The van der Waals surface area contributed by atoms with Crippen molar-refractivity contribution < 1.29 is 13.2 Å². The summed E-state index contributed by atoms with van der Waals surface area (Å²) in [5.74, 6) is -0.133. The molecule has 1 aliphatic carbocycles. The Morgan fingerprint density at radius 1 is 1.15 bits per heavy atom. The Morgan fingerprint density at radius 3 is 2.37 bits per heavy atom. The highest BCUT2D eigenvalue weighted by molar-refractivity contribution is 7.89. The normalized spacial score (nSPS) is 15.6. The van der Waals surface area contributed by atoms with Gasteiger partial charge in [-0.05, 0) is 67.6 Å². The maximum absolute atomic E-state index is 13.1. The fourth-order valence-corrected chi connectivity index (χ4v) is 4.32. The smallest absolute Gasteiger partial charge is 0.242 e. The van der Waals surface area contributed by atoms with E-state index in [4.69, 9.17) is 11.6 Å². The molecule has 1 aliphatic rings. The number of hydrogen-bond acceptors (Lipinski definition) is 3. The maximum Gasteiger partial charge on any atom is 0.242 e. The van der Waals surface area contributed by atoms with E-state index in [1.54, 1.807) is 12.1 Å². The van der Waals surface area contributed by atoms with Gasteiger partial charge in [0.2, 0.25) is 15.9 Å². The van der Waals surface area contributed by atoms with Crippen molar-refractivity contribution in [2.24, 2.45) is 0 Å². The highest BCUT2D eigenvalue weighted by Crippen LogP contribution is 2.49. The van der Waals surface area contributed by atoms with Crippen molar-refractivity contribution in [2.75, 3.05) is 19.4 Å². The van der Waals surface area contributed by atoms with E-state index in [1.165, 1.54) is 20.2 Å². The number of amides is 1. The number of anilines is 1. The Bertz CT molecular complexity index is 1010. The minimum atomic E-state index is -3.59. The largest absolute Gasteiger partial charge is 0.325 e. The third kappa shape index (κ3) is 3.61. The fraction of sp³-hybridized carbons (Fsp3) is 0.350. The van der Waals surface area contributed by atoms with E-state index in [9.17, 15) is 13.2 Å². The van der Waals surface area contributed by atoms with Crippen molar-refractivity contribution in [3.8, 4) is 0 Å². The van der Waals surface area contributed by atoms with Gasteiger partial charge in [-0.15, -0.1) is 0 Å². The van der Waals surface area contributed by atoms with Crippen molar-refractivity contribution in [3.63, 3.8) is 0 Å². The van der Waals surface area contributed by atoms with Crippen LogP contribution in [-0.2, 0) is 20.2 Å². The summed E-state index contributed by atoms with van der Waals surface area (Å²) in [5.41, 5.74) is 2.47. The molecule has 1 amide bonds.